The maximum Gasteiger partial charge on any atom is 0.331 e. The van der Waals surface area contributed by atoms with Crippen molar-refractivity contribution in [3.8, 4) is 0 Å². The third-order valence-electron chi connectivity index (χ3n) is 4.85. The van der Waals surface area contributed by atoms with Gasteiger partial charge in [0.1, 0.15) is 0 Å². The van der Waals surface area contributed by atoms with Crippen molar-refractivity contribution < 1.29 is 19.4 Å². The summed E-state index contributed by atoms with van der Waals surface area (Å²) in [5.41, 5.74) is -0.119. The fourth-order valence-corrected chi connectivity index (χ4v) is 3.09. The van der Waals surface area contributed by atoms with Crippen molar-refractivity contribution in [1.29, 1.82) is 0 Å². The van der Waals surface area contributed by atoms with Crippen molar-refractivity contribution in [2.24, 2.45) is 5.92 Å². The minimum absolute atomic E-state index is 0.119. The van der Waals surface area contributed by atoms with Gasteiger partial charge in [-0.15, -0.1) is 0 Å². The highest BCUT2D eigenvalue weighted by Crippen LogP contribution is 2.14. The summed E-state index contributed by atoms with van der Waals surface area (Å²) >= 11 is 0. The monoisotopic (exact) mass is 382 g/mol. The largest absolute Gasteiger partial charge is 0.478 e. The van der Waals surface area contributed by atoms with Gasteiger partial charge in [0.2, 0.25) is 0 Å². The summed E-state index contributed by atoms with van der Waals surface area (Å²) in [4.78, 5) is 21.9. The van der Waals surface area contributed by atoms with Crippen molar-refractivity contribution >= 4 is 11.9 Å². The van der Waals surface area contributed by atoms with E-state index in [4.69, 9.17) is 9.84 Å². The lowest BCUT2D eigenvalue weighted by Crippen LogP contribution is -2.10. The van der Waals surface area contributed by atoms with Crippen LogP contribution in [0.2, 0.25) is 0 Å². The molecule has 0 radical (unpaired) electrons. The van der Waals surface area contributed by atoms with Gasteiger partial charge < -0.3 is 9.84 Å². The molecule has 0 atom stereocenters. The van der Waals surface area contributed by atoms with Gasteiger partial charge in [0.05, 0.1) is 13.0 Å². The van der Waals surface area contributed by atoms with Crippen molar-refractivity contribution in [1.82, 2.24) is 0 Å². The highest BCUT2D eigenvalue weighted by molar-refractivity contribution is 5.91. The molecule has 0 saturated heterocycles. The van der Waals surface area contributed by atoms with Crippen LogP contribution in [0.4, 0.5) is 0 Å². The van der Waals surface area contributed by atoms with Gasteiger partial charge in [-0.25, -0.2) is 4.79 Å². The molecule has 0 aromatic rings. The van der Waals surface area contributed by atoms with Crippen LogP contribution in [0.5, 0.6) is 0 Å². The number of hydrogen-bond acceptors (Lipinski definition) is 3. The number of rotatable bonds is 19. The Kier molecular flexibility index (Phi) is 17.2. The van der Waals surface area contributed by atoms with E-state index in [1.165, 1.54) is 77.0 Å². The maximum atomic E-state index is 11.4. The Balaban J connectivity index is 3.20. The molecule has 0 aliphatic carbocycles. The molecule has 0 unspecified atom stereocenters. The van der Waals surface area contributed by atoms with Crippen LogP contribution >= 0.6 is 0 Å². The van der Waals surface area contributed by atoms with Crippen LogP contribution < -0.4 is 0 Å². The number of ether oxygens (including phenoxy) is 1. The third-order valence-corrected chi connectivity index (χ3v) is 4.85. The smallest absolute Gasteiger partial charge is 0.331 e. The predicted octanol–water partition coefficient (Wildman–Crippen LogP) is 6.68. The molecule has 4 nitrogen and oxygen atoms in total. The number of hydrogen-bond donors (Lipinski definition) is 1. The van der Waals surface area contributed by atoms with E-state index in [0.717, 1.165) is 18.8 Å². The molecule has 0 rings (SSSR count). The minimum atomic E-state index is -1.14. The second-order valence-corrected chi connectivity index (χ2v) is 8.08. The predicted molar refractivity (Wildman–Crippen MR) is 112 cm³/mol. The topological polar surface area (TPSA) is 63.6 Å². The van der Waals surface area contributed by atoms with Gasteiger partial charge in [-0.3, -0.25) is 4.79 Å². The first kappa shape index (κ1) is 25.7. The first-order valence-electron chi connectivity index (χ1n) is 11.0. The van der Waals surface area contributed by atoms with Crippen LogP contribution in [-0.2, 0) is 14.3 Å². The van der Waals surface area contributed by atoms with Gasteiger partial charge in [0.15, 0.2) is 0 Å². The molecule has 0 aromatic heterocycles. The zero-order valence-corrected chi connectivity index (χ0v) is 17.8. The second-order valence-electron chi connectivity index (χ2n) is 8.08. The molecule has 0 bridgehead atoms. The molecule has 0 aliphatic heterocycles. The van der Waals surface area contributed by atoms with Crippen LogP contribution in [0.15, 0.2) is 12.2 Å². The fourth-order valence-electron chi connectivity index (χ4n) is 3.09. The van der Waals surface area contributed by atoms with Gasteiger partial charge in [-0.05, 0) is 12.3 Å². The van der Waals surface area contributed by atoms with Crippen LogP contribution in [0.3, 0.4) is 0 Å². The molecular formula is C23H42O4. The van der Waals surface area contributed by atoms with E-state index in [2.05, 4.69) is 20.4 Å². The minimum Gasteiger partial charge on any atom is -0.478 e. The average molecular weight is 383 g/mol. The van der Waals surface area contributed by atoms with Crippen LogP contribution in [-0.4, -0.2) is 23.7 Å². The van der Waals surface area contributed by atoms with Crippen molar-refractivity contribution in [2.75, 3.05) is 6.61 Å². The molecule has 0 spiro atoms. The molecule has 0 amide bonds. The lowest BCUT2D eigenvalue weighted by atomic mass is 10.0. The van der Waals surface area contributed by atoms with Gasteiger partial charge in [-0.2, -0.15) is 0 Å². The lowest BCUT2D eigenvalue weighted by molar-refractivity contribution is -0.144. The quantitative estimate of drug-likeness (QED) is 0.154. The molecular weight excluding hydrogens is 340 g/mol. The Hall–Kier alpha value is -1.32. The molecule has 158 valence electrons. The molecule has 0 aliphatic rings. The van der Waals surface area contributed by atoms with Crippen molar-refractivity contribution in [2.45, 2.75) is 110 Å². The molecule has 0 fully saturated rings. The van der Waals surface area contributed by atoms with Gasteiger partial charge in [0, 0.05) is 5.57 Å². The SMILES string of the molecule is C=C(CC(=O)OCCCCCCCCCCCCCCCC(C)C)C(=O)O. The van der Waals surface area contributed by atoms with E-state index in [0.29, 0.717) is 6.61 Å². The number of carbonyl (C=O) groups is 2. The summed E-state index contributed by atoms with van der Waals surface area (Å²) in [5.74, 6) is -0.791. The van der Waals surface area contributed by atoms with E-state index in [1.807, 2.05) is 0 Å². The Bertz CT molecular complexity index is 401. The fraction of sp³-hybridized carbons (Fsp3) is 0.826. The summed E-state index contributed by atoms with van der Waals surface area (Å²) in [5, 5.41) is 8.64. The first-order valence-corrected chi connectivity index (χ1v) is 11.0. The standard InChI is InChI=1S/C23H42O4/c1-20(2)17-15-13-11-9-7-5-4-6-8-10-12-14-16-18-27-22(24)19-21(3)23(25)26/h20H,3-19H2,1-2H3,(H,25,26). The van der Waals surface area contributed by atoms with E-state index in [1.54, 1.807) is 0 Å². The van der Waals surface area contributed by atoms with Gasteiger partial charge in [0.25, 0.3) is 0 Å². The Morgan fingerprint density at radius 3 is 1.59 bits per heavy atom. The number of esters is 1. The van der Waals surface area contributed by atoms with Crippen LogP contribution in [0.25, 0.3) is 0 Å². The average Bonchev–Trinajstić information content (AvgIpc) is 2.60. The number of aliphatic carboxylic acids is 1. The van der Waals surface area contributed by atoms with Gasteiger partial charge in [-0.1, -0.05) is 104 Å². The number of unbranched alkanes of at least 4 members (excludes halogenated alkanes) is 12. The van der Waals surface area contributed by atoms with Crippen molar-refractivity contribution in [3.05, 3.63) is 12.2 Å². The molecule has 1 N–H and O–H groups in total. The first-order chi connectivity index (χ1) is 12.9. The Labute approximate surface area is 166 Å². The summed E-state index contributed by atoms with van der Waals surface area (Å²) in [6, 6.07) is 0. The zero-order chi connectivity index (χ0) is 20.3. The highest BCUT2D eigenvalue weighted by Gasteiger charge is 2.10. The van der Waals surface area contributed by atoms with Crippen LogP contribution in [0.1, 0.15) is 110 Å². The van der Waals surface area contributed by atoms with E-state index in [-0.39, 0.29) is 12.0 Å². The molecule has 0 aromatic carbocycles. The summed E-state index contributed by atoms with van der Waals surface area (Å²) in [6.07, 6.45) is 17.8. The highest BCUT2D eigenvalue weighted by atomic mass is 16.5. The normalized spacial score (nSPS) is 10.9. The molecule has 0 saturated carbocycles. The van der Waals surface area contributed by atoms with E-state index in [9.17, 15) is 9.59 Å². The summed E-state index contributed by atoms with van der Waals surface area (Å²) in [7, 11) is 0. The van der Waals surface area contributed by atoms with E-state index >= 15 is 0 Å². The molecule has 0 heterocycles. The number of carboxylic acid groups (broad SMARTS) is 1. The Morgan fingerprint density at radius 2 is 1.19 bits per heavy atom. The van der Waals surface area contributed by atoms with Crippen LogP contribution in [0, 0.1) is 5.92 Å². The summed E-state index contributed by atoms with van der Waals surface area (Å²) < 4.78 is 5.02. The number of carboxylic acids is 1. The lowest BCUT2D eigenvalue weighted by Gasteiger charge is -2.05. The zero-order valence-electron chi connectivity index (χ0n) is 17.8. The van der Waals surface area contributed by atoms with Crippen molar-refractivity contribution in [3.63, 3.8) is 0 Å². The second kappa shape index (κ2) is 18.1. The maximum absolute atomic E-state index is 11.4. The third kappa shape index (κ3) is 19.3. The Morgan fingerprint density at radius 1 is 0.778 bits per heavy atom. The van der Waals surface area contributed by atoms with Gasteiger partial charge >= 0.3 is 11.9 Å². The molecule has 27 heavy (non-hydrogen) atoms. The summed E-state index contributed by atoms with van der Waals surface area (Å²) in [6.45, 7) is 8.30. The number of carbonyl (C=O) groups excluding carboxylic acids is 1. The molecule has 4 heteroatoms. The van der Waals surface area contributed by atoms with E-state index < -0.39 is 11.9 Å².